The van der Waals surface area contributed by atoms with Crippen molar-refractivity contribution in [1.29, 1.82) is 15.8 Å². The van der Waals surface area contributed by atoms with Gasteiger partial charge in [0.1, 0.15) is 0 Å². The highest BCUT2D eigenvalue weighted by atomic mass is 28.4. The van der Waals surface area contributed by atoms with E-state index in [0.717, 1.165) is 0 Å². The monoisotopic (exact) mass is 231 g/mol. The van der Waals surface area contributed by atoms with Crippen LogP contribution < -0.4 is 5.19 Å². The Bertz CT molecular complexity index is 431. The maximum atomic E-state index is 8.50. The summed E-state index contributed by atoms with van der Waals surface area (Å²) in [7, 11) is -3.75. The minimum Gasteiger partial charge on any atom is -0.408 e. The van der Waals surface area contributed by atoms with Gasteiger partial charge in [-0.3, -0.25) is 0 Å². The van der Waals surface area contributed by atoms with Gasteiger partial charge in [-0.25, -0.2) is 0 Å². The molecule has 0 aromatic heterocycles. The summed E-state index contributed by atoms with van der Waals surface area (Å²) in [5, 5.41) is 25.9. The van der Waals surface area contributed by atoms with Gasteiger partial charge in [0.05, 0.1) is 5.19 Å². The predicted molar refractivity (Wildman–Crippen MR) is 51.9 cm³/mol. The first-order valence-electron chi connectivity index (χ1n) is 4.06. The van der Waals surface area contributed by atoms with Crippen LogP contribution in [0.5, 0.6) is 0 Å². The molecule has 0 saturated carbocycles. The van der Waals surface area contributed by atoms with E-state index in [-0.39, 0.29) is 0 Å². The van der Waals surface area contributed by atoms with Crippen molar-refractivity contribution in [3.8, 4) is 18.8 Å². The second-order valence-electron chi connectivity index (χ2n) is 2.50. The Hall–Kier alpha value is -2.69. The maximum Gasteiger partial charge on any atom is 0.766 e. The molecule has 0 radical (unpaired) electrons. The Balaban J connectivity index is 3.18. The van der Waals surface area contributed by atoms with Gasteiger partial charge in [-0.15, -0.1) is 0 Å². The Labute approximate surface area is 92.8 Å². The fourth-order valence-corrected chi connectivity index (χ4v) is 2.50. The predicted octanol–water partition coefficient (Wildman–Crippen LogP) is 0.326. The van der Waals surface area contributed by atoms with E-state index >= 15 is 0 Å². The average molecular weight is 231 g/mol. The third kappa shape index (κ3) is 2.21. The van der Waals surface area contributed by atoms with E-state index in [9.17, 15) is 0 Å². The highest BCUT2D eigenvalue weighted by molar-refractivity contribution is 6.76. The summed E-state index contributed by atoms with van der Waals surface area (Å²) >= 11 is 0. The fourth-order valence-electron chi connectivity index (χ4n) is 1.06. The third-order valence-corrected chi connectivity index (χ3v) is 3.79. The van der Waals surface area contributed by atoms with Crippen LogP contribution >= 0.6 is 0 Å². The van der Waals surface area contributed by atoms with Gasteiger partial charge in [0, 0.05) is 0 Å². The standard InChI is InChI=1S/C9H5N3O3Si/c10-6-13-16(14-7-11,15-8-12)9-4-2-1-3-5-9/h1-5H. The van der Waals surface area contributed by atoms with Crippen LogP contribution in [0.15, 0.2) is 30.3 Å². The molecule has 16 heavy (non-hydrogen) atoms. The van der Waals surface area contributed by atoms with Crippen LogP contribution in [-0.4, -0.2) is 8.80 Å². The average Bonchev–Trinajstić information content (AvgIpc) is 2.31. The largest absolute Gasteiger partial charge is 0.766 e. The first-order valence-corrected chi connectivity index (χ1v) is 5.78. The van der Waals surface area contributed by atoms with Gasteiger partial charge in [0.15, 0.2) is 0 Å². The SMILES string of the molecule is N#CO[Si](OC#N)(OC#N)c1ccccc1. The zero-order valence-electron chi connectivity index (χ0n) is 7.95. The van der Waals surface area contributed by atoms with E-state index in [1.165, 1.54) is 18.8 Å². The Morgan fingerprint density at radius 2 is 1.25 bits per heavy atom. The molecule has 0 heterocycles. The lowest BCUT2D eigenvalue weighted by Gasteiger charge is -2.18. The molecule has 6 nitrogen and oxygen atoms in total. The summed E-state index contributed by atoms with van der Waals surface area (Å²) in [6.07, 6.45) is 4.16. The molecule has 1 rings (SSSR count). The van der Waals surface area contributed by atoms with Crippen molar-refractivity contribution < 1.29 is 13.3 Å². The molecular formula is C9H5N3O3Si. The molecule has 0 spiro atoms. The lowest BCUT2D eigenvalue weighted by atomic mass is 10.4. The zero-order valence-corrected chi connectivity index (χ0v) is 8.95. The molecule has 1 aromatic carbocycles. The second-order valence-corrected chi connectivity index (χ2v) is 4.80. The van der Waals surface area contributed by atoms with E-state index < -0.39 is 8.80 Å². The first kappa shape index (κ1) is 11.4. The first-order chi connectivity index (χ1) is 7.79. The molecular weight excluding hydrogens is 226 g/mol. The quantitative estimate of drug-likeness (QED) is 0.546. The van der Waals surface area contributed by atoms with Crippen molar-refractivity contribution in [3.05, 3.63) is 30.3 Å². The van der Waals surface area contributed by atoms with E-state index in [1.807, 2.05) is 0 Å². The number of rotatable bonds is 4. The molecule has 0 atom stereocenters. The summed E-state index contributed by atoms with van der Waals surface area (Å²) in [6, 6.07) is 8.14. The molecule has 7 heteroatoms. The number of nitrogens with zero attached hydrogens (tertiary/aromatic N) is 3. The van der Waals surface area contributed by atoms with Gasteiger partial charge >= 0.3 is 8.80 Å². The molecule has 78 valence electrons. The van der Waals surface area contributed by atoms with Crippen LogP contribution in [0.1, 0.15) is 0 Å². The van der Waals surface area contributed by atoms with E-state index in [4.69, 9.17) is 15.8 Å². The van der Waals surface area contributed by atoms with Gasteiger partial charge in [-0.2, -0.15) is 15.8 Å². The van der Waals surface area contributed by atoms with Crippen molar-refractivity contribution in [2.45, 2.75) is 0 Å². The summed E-state index contributed by atoms with van der Waals surface area (Å²) in [5.41, 5.74) is 0. The van der Waals surface area contributed by atoms with Crippen LogP contribution in [0.25, 0.3) is 0 Å². The molecule has 0 aliphatic heterocycles. The van der Waals surface area contributed by atoms with E-state index in [1.54, 1.807) is 30.3 Å². The van der Waals surface area contributed by atoms with Crippen molar-refractivity contribution >= 4 is 14.0 Å². The molecule has 0 aliphatic rings. The zero-order chi connectivity index (χ0) is 11.9. The van der Waals surface area contributed by atoms with Crippen LogP contribution in [0.2, 0.25) is 0 Å². The minimum absolute atomic E-state index is 0.361. The van der Waals surface area contributed by atoms with Gasteiger partial charge in [-0.1, -0.05) is 30.3 Å². The summed E-state index contributed by atoms with van der Waals surface area (Å²) in [6.45, 7) is 0. The smallest absolute Gasteiger partial charge is 0.408 e. The molecule has 0 bridgehead atoms. The van der Waals surface area contributed by atoms with Crippen LogP contribution in [0.3, 0.4) is 0 Å². The van der Waals surface area contributed by atoms with Crippen LogP contribution in [0.4, 0.5) is 0 Å². The molecule has 0 unspecified atom stereocenters. The van der Waals surface area contributed by atoms with Gasteiger partial charge in [0.25, 0.3) is 18.8 Å². The van der Waals surface area contributed by atoms with Crippen molar-refractivity contribution in [3.63, 3.8) is 0 Å². The normalized spacial score (nSPS) is 9.06. The lowest BCUT2D eigenvalue weighted by Crippen LogP contribution is -2.54. The maximum absolute atomic E-state index is 8.50. The molecule has 0 N–H and O–H groups in total. The lowest BCUT2D eigenvalue weighted by molar-refractivity contribution is 0.223. The summed E-state index contributed by atoms with van der Waals surface area (Å²) < 4.78 is 14.0. The Kier molecular flexibility index (Phi) is 3.74. The molecule has 0 fully saturated rings. The minimum atomic E-state index is -3.75. The van der Waals surface area contributed by atoms with E-state index in [0.29, 0.717) is 5.19 Å². The molecule has 1 aromatic rings. The number of benzene rings is 1. The van der Waals surface area contributed by atoms with Crippen LogP contribution in [-0.2, 0) is 13.3 Å². The summed E-state index contributed by atoms with van der Waals surface area (Å²) in [5.74, 6) is 0. The summed E-state index contributed by atoms with van der Waals surface area (Å²) in [4.78, 5) is 0. The molecule has 0 aliphatic carbocycles. The van der Waals surface area contributed by atoms with Crippen LogP contribution in [0, 0.1) is 34.6 Å². The second kappa shape index (κ2) is 5.25. The fraction of sp³-hybridized carbons (Fsp3) is 0. The number of nitriles is 3. The van der Waals surface area contributed by atoms with Crippen molar-refractivity contribution in [2.24, 2.45) is 0 Å². The third-order valence-electron chi connectivity index (χ3n) is 1.67. The topological polar surface area (TPSA) is 99.1 Å². The van der Waals surface area contributed by atoms with Crippen molar-refractivity contribution in [1.82, 2.24) is 0 Å². The highest BCUT2D eigenvalue weighted by Crippen LogP contribution is 2.08. The molecule has 0 saturated heterocycles. The van der Waals surface area contributed by atoms with Gasteiger partial charge < -0.3 is 13.3 Å². The Morgan fingerprint density at radius 1 is 0.812 bits per heavy atom. The Morgan fingerprint density at radius 3 is 1.62 bits per heavy atom. The van der Waals surface area contributed by atoms with Gasteiger partial charge in [-0.05, 0) is 0 Å². The van der Waals surface area contributed by atoms with E-state index in [2.05, 4.69) is 13.3 Å². The molecule has 0 amide bonds. The van der Waals surface area contributed by atoms with Gasteiger partial charge in [0.2, 0.25) is 0 Å². The highest BCUT2D eigenvalue weighted by Gasteiger charge is 2.53. The van der Waals surface area contributed by atoms with Crippen molar-refractivity contribution in [2.75, 3.05) is 0 Å². The number of hydrogen-bond acceptors (Lipinski definition) is 6. The number of hydrogen-bond donors (Lipinski definition) is 0.